The topological polar surface area (TPSA) is 92.5 Å². The van der Waals surface area contributed by atoms with E-state index in [1.54, 1.807) is 0 Å². The number of hydrogen-bond donors (Lipinski definition) is 2. The summed E-state index contributed by atoms with van der Waals surface area (Å²) >= 11 is 0. The summed E-state index contributed by atoms with van der Waals surface area (Å²) < 4.78 is 39.5. The maximum absolute atomic E-state index is 13.6. The van der Waals surface area contributed by atoms with Crippen molar-refractivity contribution in [2.45, 2.75) is 0 Å². The highest BCUT2D eigenvalue weighted by molar-refractivity contribution is 5.96. The predicted octanol–water partition coefficient (Wildman–Crippen LogP) is 3.45. The van der Waals surface area contributed by atoms with Crippen LogP contribution in [-0.2, 0) is 0 Å². The van der Waals surface area contributed by atoms with Gasteiger partial charge in [0.15, 0.2) is 17.5 Å². The number of nitrogens with one attached hydrogen (secondary N) is 1. The molecule has 0 fully saturated rings. The number of nitro groups is 1. The number of aromatic carboxylic acids is 1. The summed E-state index contributed by atoms with van der Waals surface area (Å²) in [5, 5.41) is 21.9. The lowest BCUT2D eigenvalue weighted by atomic mass is 10.1. The van der Waals surface area contributed by atoms with Crippen LogP contribution in [0.15, 0.2) is 30.3 Å². The molecule has 0 saturated heterocycles. The van der Waals surface area contributed by atoms with Crippen molar-refractivity contribution in [2.24, 2.45) is 0 Å². The molecule has 22 heavy (non-hydrogen) atoms. The number of hydrogen-bond acceptors (Lipinski definition) is 4. The van der Waals surface area contributed by atoms with Crippen molar-refractivity contribution in [3.8, 4) is 0 Å². The first-order valence-electron chi connectivity index (χ1n) is 5.73. The van der Waals surface area contributed by atoms with Gasteiger partial charge in [-0.25, -0.2) is 18.0 Å². The van der Waals surface area contributed by atoms with E-state index in [2.05, 4.69) is 5.32 Å². The van der Waals surface area contributed by atoms with Gasteiger partial charge in [-0.2, -0.15) is 0 Å². The average molecular weight is 312 g/mol. The van der Waals surface area contributed by atoms with Crippen molar-refractivity contribution in [1.82, 2.24) is 0 Å². The number of carbonyl (C=O) groups is 1. The Morgan fingerprint density at radius 3 is 2.32 bits per heavy atom. The summed E-state index contributed by atoms with van der Waals surface area (Å²) in [6.07, 6.45) is 0. The number of carboxylic acids is 1. The van der Waals surface area contributed by atoms with Gasteiger partial charge in [-0.1, -0.05) is 0 Å². The van der Waals surface area contributed by atoms with Crippen molar-refractivity contribution < 1.29 is 28.0 Å². The van der Waals surface area contributed by atoms with Gasteiger partial charge >= 0.3 is 5.97 Å². The van der Waals surface area contributed by atoms with Gasteiger partial charge in [-0.05, 0) is 18.2 Å². The third kappa shape index (κ3) is 2.82. The number of nitrogens with zero attached hydrogens (tertiary/aromatic N) is 1. The summed E-state index contributed by atoms with van der Waals surface area (Å²) in [5.74, 6) is -6.15. The molecule has 0 aliphatic heterocycles. The molecule has 114 valence electrons. The second-order valence-corrected chi connectivity index (χ2v) is 4.14. The molecule has 9 heteroatoms. The zero-order chi connectivity index (χ0) is 16.4. The van der Waals surface area contributed by atoms with E-state index < -0.39 is 45.3 Å². The molecule has 0 bridgehead atoms. The smallest absolute Gasteiger partial charge is 0.338 e. The summed E-state index contributed by atoms with van der Waals surface area (Å²) in [7, 11) is 0. The van der Waals surface area contributed by atoms with Crippen LogP contribution in [0.1, 0.15) is 10.4 Å². The van der Waals surface area contributed by atoms with Gasteiger partial charge in [-0.15, -0.1) is 0 Å². The van der Waals surface area contributed by atoms with E-state index in [4.69, 9.17) is 5.11 Å². The minimum absolute atomic E-state index is 0.206. The Bertz CT molecular complexity index is 780. The van der Waals surface area contributed by atoms with Crippen LogP contribution in [0.25, 0.3) is 0 Å². The standard InChI is InChI=1S/C13H7F3N2O4/c14-8-2-4-10(12(16)11(8)15)17-9-3-1-6(18(21)22)5-7(9)13(19)20/h1-5,17H,(H,19,20). The maximum Gasteiger partial charge on any atom is 0.338 e. The highest BCUT2D eigenvalue weighted by Gasteiger charge is 2.19. The van der Waals surface area contributed by atoms with Crippen molar-refractivity contribution in [2.75, 3.05) is 5.32 Å². The van der Waals surface area contributed by atoms with E-state index >= 15 is 0 Å². The summed E-state index contributed by atoms with van der Waals surface area (Å²) in [6.45, 7) is 0. The fourth-order valence-corrected chi connectivity index (χ4v) is 1.70. The Kier molecular flexibility index (Phi) is 3.97. The summed E-state index contributed by atoms with van der Waals surface area (Å²) in [5.41, 5.74) is -1.70. The molecule has 0 saturated carbocycles. The fourth-order valence-electron chi connectivity index (χ4n) is 1.70. The number of rotatable bonds is 4. The second kappa shape index (κ2) is 5.72. The van der Waals surface area contributed by atoms with Gasteiger partial charge in [0.25, 0.3) is 5.69 Å². The lowest BCUT2D eigenvalue weighted by Crippen LogP contribution is -2.06. The largest absolute Gasteiger partial charge is 0.478 e. The van der Waals surface area contributed by atoms with Gasteiger partial charge in [0, 0.05) is 12.1 Å². The number of carboxylic acid groups (broad SMARTS) is 1. The molecule has 0 radical (unpaired) electrons. The molecular formula is C13H7F3N2O4. The molecule has 0 aliphatic carbocycles. The van der Waals surface area contributed by atoms with E-state index in [9.17, 15) is 28.1 Å². The Morgan fingerprint density at radius 1 is 1.09 bits per heavy atom. The van der Waals surface area contributed by atoms with Crippen molar-refractivity contribution >= 4 is 23.0 Å². The van der Waals surface area contributed by atoms with Gasteiger partial charge in [0.1, 0.15) is 0 Å². The van der Waals surface area contributed by atoms with Crippen LogP contribution in [0.4, 0.5) is 30.2 Å². The third-order valence-corrected chi connectivity index (χ3v) is 2.75. The Labute approximate surface area is 121 Å². The third-order valence-electron chi connectivity index (χ3n) is 2.75. The second-order valence-electron chi connectivity index (χ2n) is 4.14. The van der Waals surface area contributed by atoms with Crippen LogP contribution in [0, 0.1) is 27.6 Å². The first-order chi connectivity index (χ1) is 10.3. The Hall–Kier alpha value is -3.10. The molecule has 2 rings (SSSR count). The quantitative estimate of drug-likeness (QED) is 0.512. The summed E-state index contributed by atoms with van der Waals surface area (Å²) in [6, 6.07) is 4.32. The molecule has 0 unspecified atom stereocenters. The number of anilines is 2. The molecule has 0 heterocycles. The van der Waals surface area contributed by atoms with Crippen LogP contribution in [0.2, 0.25) is 0 Å². The van der Waals surface area contributed by atoms with Crippen LogP contribution >= 0.6 is 0 Å². The first-order valence-corrected chi connectivity index (χ1v) is 5.73. The summed E-state index contributed by atoms with van der Waals surface area (Å²) in [4.78, 5) is 20.9. The van der Waals surface area contributed by atoms with Crippen molar-refractivity contribution in [1.29, 1.82) is 0 Å². The monoisotopic (exact) mass is 312 g/mol. The molecular weight excluding hydrogens is 305 g/mol. The van der Waals surface area contributed by atoms with Crippen LogP contribution in [0.3, 0.4) is 0 Å². The molecule has 0 aromatic heterocycles. The molecule has 6 nitrogen and oxygen atoms in total. The minimum atomic E-state index is -1.72. The number of non-ortho nitro benzene ring substituents is 1. The molecule has 0 spiro atoms. The molecule has 2 aromatic rings. The Morgan fingerprint density at radius 2 is 1.73 bits per heavy atom. The minimum Gasteiger partial charge on any atom is -0.478 e. The van der Waals surface area contributed by atoms with Gasteiger partial charge in [0.05, 0.1) is 21.9 Å². The molecule has 2 N–H and O–H groups in total. The normalized spacial score (nSPS) is 10.3. The fraction of sp³-hybridized carbons (Fsp3) is 0. The lowest BCUT2D eigenvalue weighted by Gasteiger charge is -2.11. The van der Waals surface area contributed by atoms with Gasteiger partial charge in [0.2, 0.25) is 0 Å². The zero-order valence-corrected chi connectivity index (χ0v) is 10.6. The molecule has 0 aliphatic rings. The number of nitro benzene ring substituents is 1. The average Bonchev–Trinajstić information content (AvgIpc) is 2.47. The lowest BCUT2D eigenvalue weighted by molar-refractivity contribution is -0.384. The Balaban J connectivity index is 2.48. The van der Waals surface area contributed by atoms with Gasteiger partial charge < -0.3 is 10.4 Å². The van der Waals surface area contributed by atoms with E-state index in [1.807, 2.05) is 0 Å². The van der Waals surface area contributed by atoms with Crippen LogP contribution < -0.4 is 5.32 Å². The van der Waals surface area contributed by atoms with E-state index in [1.165, 1.54) is 0 Å². The van der Waals surface area contributed by atoms with Crippen LogP contribution in [-0.4, -0.2) is 16.0 Å². The van der Waals surface area contributed by atoms with Crippen molar-refractivity contribution in [3.63, 3.8) is 0 Å². The highest BCUT2D eigenvalue weighted by atomic mass is 19.2. The van der Waals surface area contributed by atoms with E-state index in [-0.39, 0.29) is 5.69 Å². The van der Waals surface area contributed by atoms with Crippen molar-refractivity contribution in [3.05, 3.63) is 63.5 Å². The highest BCUT2D eigenvalue weighted by Crippen LogP contribution is 2.28. The maximum atomic E-state index is 13.6. The molecule has 0 amide bonds. The molecule has 0 atom stereocenters. The van der Waals surface area contributed by atoms with E-state index in [0.29, 0.717) is 6.07 Å². The number of halogens is 3. The van der Waals surface area contributed by atoms with E-state index in [0.717, 1.165) is 24.3 Å². The predicted molar refractivity (Wildman–Crippen MR) is 69.7 cm³/mol. The van der Waals surface area contributed by atoms with Gasteiger partial charge in [-0.3, -0.25) is 10.1 Å². The number of benzene rings is 2. The van der Waals surface area contributed by atoms with Crippen LogP contribution in [0.5, 0.6) is 0 Å². The molecule has 2 aromatic carbocycles. The zero-order valence-electron chi connectivity index (χ0n) is 10.6. The SMILES string of the molecule is O=C(O)c1cc([N+](=O)[O-])ccc1Nc1ccc(F)c(F)c1F. The first kappa shape index (κ1) is 15.3.